The van der Waals surface area contributed by atoms with Crippen LogP contribution in [0.4, 0.5) is 0 Å². The summed E-state index contributed by atoms with van der Waals surface area (Å²) in [5.41, 5.74) is 2.33. The summed E-state index contributed by atoms with van der Waals surface area (Å²) in [5, 5.41) is 7.74. The van der Waals surface area contributed by atoms with Gasteiger partial charge in [-0.15, -0.1) is 5.10 Å². The largest absolute Gasteiger partial charge is 0.220 e. The quantitative estimate of drug-likeness (QED) is 0.639. The molecule has 0 saturated carbocycles. The third-order valence-corrected chi connectivity index (χ3v) is 1.99. The van der Waals surface area contributed by atoms with Crippen LogP contribution in [0.15, 0.2) is 24.5 Å². The minimum Gasteiger partial charge on any atom is -0.220 e. The van der Waals surface area contributed by atoms with E-state index in [0.29, 0.717) is 5.92 Å². The topological polar surface area (TPSA) is 30.2 Å². The Hall–Kier alpha value is -1.38. The van der Waals surface area contributed by atoms with E-state index in [-0.39, 0.29) is 0 Å². The molecule has 2 aromatic rings. The van der Waals surface area contributed by atoms with Crippen LogP contribution in [0.1, 0.15) is 25.3 Å². The van der Waals surface area contributed by atoms with Gasteiger partial charge in [-0.2, -0.15) is 0 Å². The molecule has 2 aromatic heterocycles. The minimum atomic E-state index is 0.540. The van der Waals surface area contributed by atoms with E-state index in [1.807, 2.05) is 12.3 Å². The molecule has 0 aliphatic carbocycles. The third-order valence-electron chi connectivity index (χ3n) is 1.99. The molecule has 0 aliphatic heterocycles. The lowest BCUT2D eigenvalue weighted by atomic mass is 10.1. The van der Waals surface area contributed by atoms with Crippen LogP contribution in [0.3, 0.4) is 0 Å². The Morgan fingerprint density at radius 1 is 1.33 bits per heavy atom. The summed E-state index contributed by atoms with van der Waals surface area (Å²) in [7, 11) is 0. The molecular weight excluding hydrogens is 150 g/mol. The van der Waals surface area contributed by atoms with Gasteiger partial charge >= 0.3 is 0 Å². The Bertz CT molecular complexity index is 389. The molecule has 0 aromatic carbocycles. The van der Waals surface area contributed by atoms with Crippen molar-refractivity contribution >= 4 is 5.52 Å². The van der Waals surface area contributed by atoms with Gasteiger partial charge in [0.25, 0.3) is 0 Å². The van der Waals surface area contributed by atoms with Gasteiger partial charge in [0.15, 0.2) is 0 Å². The maximum absolute atomic E-state index is 3.93. The lowest BCUT2D eigenvalue weighted by molar-refractivity contribution is 0.808. The van der Waals surface area contributed by atoms with Gasteiger partial charge in [-0.3, -0.25) is 0 Å². The zero-order valence-electron chi connectivity index (χ0n) is 7.23. The molecule has 3 heteroatoms. The van der Waals surface area contributed by atoms with Crippen LogP contribution >= 0.6 is 0 Å². The smallest absolute Gasteiger partial charge is 0.0865 e. The summed E-state index contributed by atoms with van der Waals surface area (Å²) >= 11 is 0. The normalized spacial score (nSPS) is 11.2. The van der Waals surface area contributed by atoms with E-state index in [0.717, 1.165) is 5.52 Å². The molecule has 0 N–H and O–H groups in total. The summed E-state index contributed by atoms with van der Waals surface area (Å²) in [6.45, 7) is 4.33. The lowest BCUT2D eigenvalue weighted by Gasteiger charge is -2.03. The third kappa shape index (κ3) is 1.07. The zero-order valence-corrected chi connectivity index (χ0v) is 7.23. The van der Waals surface area contributed by atoms with E-state index in [2.05, 4.69) is 30.2 Å². The predicted octanol–water partition coefficient (Wildman–Crippen LogP) is 1.85. The van der Waals surface area contributed by atoms with Gasteiger partial charge in [0.05, 0.1) is 11.7 Å². The number of aromatic nitrogens is 3. The van der Waals surface area contributed by atoms with Crippen molar-refractivity contribution in [3.05, 3.63) is 30.1 Å². The molecule has 0 amide bonds. The molecule has 0 bridgehead atoms. The first kappa shape index (κ1) is 7.28. The average Bonchev–Trinajstić information content (AvgIpc) is 2.49. The molecule has 0 radical (unpaired) electrons. The lowest BCUT2D eigenvalue weighted by Crippen LogP contribution is -1.93. The molecule has 0 aliphatic rings. The van der Waals surface area contributed by atoms with Crippen molar-refractivity contribution in [3.63, 3.8) is 0 Å². The Morgan fingerprint density at radius 2 is 2.17 bits per heavy atom. The first-order valence-corrected chi connectivity index (χ1v) is 4.07. The predicted molar refractivity (Wildman–Crippen MR) is 47.1 cm³/mol. The molecule has 0 unspecified atom stereocenters. The van der Waals surface area contributed by atoms with Crippen LogP contribution in [-0.2, 0) is 0 Å². The van der Waals surface area contributed by atoms with E-state index in [1.165, 1.54) is 5.56 Å². The van der Waals surface area contributed by atoms with Crippen molar-refractivity contribution < 1.29 is 0 Å². The molecule has 0 spiro atoms. The van der Waals surface area contributed by atoms with Crippen molar-refractivity contribution in [2.24, 2.45) is 0 Å². The number of nitrogens with zero attached hydrogens (tertiary/aromatic N) is 3. The Kier molecular flexibility index (Phi) is 1.57. The van der Waals surface area contributed by atoms with Crippen LogP contribution in [0.5, 0.6) is 0 Å². The van der Waals surface area contributed by atoms with Gasteiger partial charge in [0.2, 0.25) is 0 Å². The van der Waals surface area contributed by atoms with Gasteiger partial charge in [-0.1, -0.05) is 25.1 Å². The van der Waals surface area contributed by atoms with Crippen molar-refractivity contribution in [1.82, 2.24) is 14.8 Å². The summed E-state index contributed by atoms with van der Waals surface area (Å²) in [4.78, 5) is 0. The first-order valence-electron chi connectivity index (χ1n) is 4.07. The molecule has 0 atom stereocenters. The zero-order chi connectivity index (χ0) is 8.55. The standard InChI is InChI=1S/C9H11N3/c1-7(2)8-3-4-9-5-10-11-12(9)6-8/h3-7H,1-2H3. The number of rotatable bonds is 1. The highest BCUT2D eigenvalue weighted by molar-refractivity contribution is 5.44. The first-order chi connectivity index (χ1) is 5.77. The number of fused-ring (bicyclic) bond motifs is 1. The molecule has 0 saturated heterocycles. The summed E-state index contributed by atoms with van der Waals surface area (Å²) < 4.78 is 1.80. The highest BCUT2D eigenvalue weighted by atomic mass is 15.4. The second kappa shape index (κ2) is 2.59. The van der Waals surface area contributed by atoms with Crippen LogP contribution in [0, 0.1) is 0 Å². The van der Waals surface area contributed by atoms with Crippen molar-refractivity contribution in [1.29, 1.82) is 0 Å². The van der Waals surface area contributed by atoms with Gasteiger partial charge in [-0.05, 0) is 17.5 Å². The molecule has 62 valence electrons. The molecule has 12 heavy (non-hydrogen) atoms. The van der Waals surface area contributed by atoms with E-state index in [9.17, 15) is 0 Å². The monoisotopic (exact) mass is 161 g/mol. The van der Waals surface area contributed by atoms with Gasteiger partial charge in [0.1, 0.15) is 0 Å². The Morgan fingerprint density at radius 3 is 2.92 bits per heavy atom. The fourth-order valence-corrected chi connectivity index (χ4v) is 1.18. The molecule has 2 rings (SSSR count). The van der Waals surface area contributed by atoms with E-state index < -0.39 is 0 Å². The summed E-state index contributed by atoms with van der Waals surface area (Å²) in [5.74, 6) is 0.540. The van der Waals surface area contributed by atoms with Gasteiger partial charge < -0.3 is 0 Å². The molecular formula is C9H11N3. The molecule has 0 fully saturated rings. The van der Waals surface area contributed by atoms with Gasteiger partial charge in [-0.25, -0.2) is 4.52 Å². The number of hydrogen-bond donors (Lipinski definition) is 0. The maximum atomic E-state index is 3.93. The van der Waals surface area contributed by atoms with Crippen molar-refractivity contribution in [2.45, 2.75) is 19.8 Å². The maximum Gasteiger partial charge on any atom is 0.0865 e. The van der Waals surface area contributed by atoms with Gasteiger partial charge in [0, 0.05) is 6.20 Å². The van der Waals surface area contributed by atoms with Crippen molar-refractivity contribution in [2.75, 3.05) is 0 Å². The Balaban J connectivity index is 2.60. The van der Waals surface area contributed by atoms with Crippen LogP contribution in [0.25, 0.3) is 5.52 Å². The molecule has 3 nitrogen and oxygen atoms in total. The SMILES string of the molecule is CC(C)c1ccc2cnnn2c1. The second-order valence-electron chi connectivity index (χ2n) is 3.22. The number of hydrogen-bond acceptors (Lipinski definition) is 2. The highest BCUT2D eigenvalue weighted by Crippen LogP contribution is 2.13. The van der Waals surface area contributed by atoms with Crippen molar-refractivity contribution in [3.8, 4) is 0 Å². The van der Waals surface area contributed by atoms with E-state index in [4.69, 9.17) is 0 Å². The molecule has 2 heterocycles. The van der Waals surface area contributed by atoms with Crippen LogP contribution < -0.4 is 0 Å². The Labute approximate surface area is 71.0 Å². The minimum absolute atomic E-state index is 0.540. The fourth-order valence-electron chi connectivity index (χ4n) is 1.18. The summed E-state index contributed by atoms with van der Waals surface area (Å²) in [6.07, 6.45) is 3.77. The average molecular weight is 161 g/mol. The van der Waals surface area contributed by atoms with Crippen LogP contribution in [0.2, 0.25) is 0 Å². The van der Waals surface area contributed by atoms with E-state index in [1.54, 1.807) is 10.7 Å². The second-order valence-corrected chi connectivity index (χ2v) is 3.22. The fraction of sp³-hybridized carbons (Fsp3) is 0.333. The van der Waals surface area contributed by atoms with Crippen LogP contribution in [-0.4, -0.2) is 14.8 Å². The van der Waals surface area contributed by atoms with E-state index >= 15 is 0 Å². The number of pyridine rings is 1. The highest BCUT2D eigenvalue weighted by Gasteiger charge is 2.00. The summed E-state index contributed by atoms with van der Waals surface area (Å²) in [6, 6.07) is 4.15.